The Hall–Kier alpha value is -4.42. The van der Waals surface area contributed by atoms with E-state index in [1.54, 1.807) is 25.3 Å². The van der Waals surface area contributed by atoms with Crippen LogP contribution >= 0.6 is 22.9 Å². The summed E-state index contributed by atoms with van der Waals surface area (Å²) in [5, 5.41) is 3.32. The van der Waals surface area contributed by atoms with E-state index in [1.165, 1.54) is 29.1 Å². The number of pyridine rings is 1. The van der Waals surface area contributed by atoms with E-state index in [2.05, 4.69) is 33.2 Å². The van der Waals surface area contributed by atoms with Crippen LogP contribution in [-0.4, -0.2) is 96.2 Å². The number of hydrogen-bond acceptors (Lipinski definition) is 10. The number of carbonyl (C=O) groups excluding carboxylic acids is 3. The zero-order chi connectivity index (χ0) is 39.9. The summed E-state index contributed by atoms with van der Waals surface area (Å²) in [6.07, 6.45) is 0.914. The number of fused-ring (bicyclic) bond motifs is 1. The van der Waals surface area contributed by atoms with Crippen LogP contribution < -0.4 is 19.5 Å². The van der Waals surface area contributed by atoms with Gasteiger partial charge in [-0.1, -0.05) is 23.8 Å². The van der Waals surface area contributed by atoms with E-state index in [0.29, 0.717) is 31.2 Å². The van der Waals surface area contributed by atoms with Gasteiger partial charge >= 0.3 is 12.2 Å². The summed E-state index contributed by atoms with van der Waals surface area (Å²) in [6, 6.07) is 2.77. The molecular weight excluding hydrogens is 785 g/mol. The highest BCUT2D eigenvalue weighted by atomic mass is 35.5. The summed E-state index contributed by atoms with van der Waals surface area (Å²) >= 11 is 7.37. The number of alkyl halides is 3. The number of urea groups is 1. The van der Waals surface area contributed by atoms with Gasteiger partial charge in [-0.25, -0.2) is 23.2 Å². The number of aromatic nitrogens is 2. The van der Waals surface area contributed by atoms with Crippen LogP contribution in [0, 0.1) is 5.92 Å². The van der Waals surface area contributed by atoms with E-state index in [4.69, 9.17) is 21.1 Å². The first kappa shape index (κ1) is 40.2. The lowest BCUT2D eigenvalue weighted by molar-refractivity contribution is -0.140. The Labute approximate surface area is 325 Å². The summed E-state index contributed by atoms with van der Waals surface area (Å²) in [5.41, 5.74) is -2.49. The Kier molecular flexibility index (Phi) is 11.4. The number of amides is 4. The zero-order valence-corrected chi connectivity index (χ0v) is 32.4. The number of likely N-dealkylation sites (N-methyl/N-ethyl adjacent to an activating group) is 1. The first-order valence-corrected chi connectivity index (χ1v) is 20.3. The smallest absolute Gasteiger partial charge is 0.434 e. The maximum Gasteiger partial charge on any atom is 0.434 e. The van der Waals surface area contributed by atoms with E-state index in [0.717, 1.165) is 29.6 Å². The van der Waals surface area contributed by atoms with Gasteiger partial charge in [0.2, 0.25) is 15.9 Å². The zero-order valence-electron chi connectivity index (χ0n) is 30.0. The van der Waals surface area contributed by atoms with Crippen molar-refractivity contribution in [2.45, 2.75) is 74.1 Å². The molecule has 296 valence electrons. The molecule has 0 radical (unpaired) electrons. The number of nitrogens with one attached hydrogen (secondary N) is 2. The average molecular weight is 825 g/mol. The molecule has 3 heterocycles. The van der Waals surface area contributed by atoms with E-state index in [1.807, 2.05) is 0 Å². The van der Waals surface area contributed by atoms with Crippen LogP contribution in [-0.2, 0) is 25.8 Å². The molecule has 6 rings (SSSR count). The van der Waals surface area contributed by atoms with Crippen LogP contribution in [0.3, 0.4) is 0 Å². The van der Waals surface area contributed by atoms with Crippen LogP contribution in [0.1, 0.15) is 50.6 Å². The van der Waals surface area contributed by atoms with Crippen molar-refractivity contribution >= 4 is 61.7 Å². The van der Waals surface area contributed by atoms with Crippen LogP contribution in [0.5, 0.6) is 11.5 Å². The molecule has 2 aliphatic carbocycles. The van der Waals surface area contributed by atoms with Gasteiger partial charge in [0.05, 0.1) is 24.4 Å². The third-order valence-corrected chi connectivity index (χ3v) is 13.0. The van der Waals surface area contributed by atoms with Gasteiger partial charge in [0, 0.05) is 42.8 Å². The Balaban J connectivity index is 1.31. The molecule has 2 aromatic heterocycles. The van der Waals surface area contributed by atoms with Crippen LogP contribution in [0.2, 0.25) is 5.02 Å². The molecule has 3 aliphatic rings. The molecule has 4 atom stereocenters. The fraction of sp³-hybridized carbons (Fsp3) is 0.472. The van der Waals surface area contributed by atoms with Crippen molar-refractivity contribution in [3.05, 3.63) is 59.6 Å². The van der Waals surface area contributed by atoms with Crippen molar-refractivity contribution in [3.8, 4) is 22.2 Å². The Morgan fingerprint density at radius 3 is 2.55 bits per heavy atom. The molecule has 55 heavy (non-hydrogen) atoms. The van der Waals surface area contributed by atoms with E-state index in [-0.39, 0.29) is 58.0 Å². The number of carbonyl (C=O) groups is 3. The van der Waals surface area contributed by atoms with Gasteiger partial charge in [-0.2, -0.15) is 13.2 Å². The van der Waals surface area contributed by atoms with Crippen molar-refractivity contribution in [3.63, 3.8) is 0 Å². The second kappa shape index (κ2) is 15.6. The predicted octanol–water partition coefficient (Wildman–Crippen LogP) is 5.94. The fourth-order valence-corrected chi connectivity index (χ4v) is 9.03. The highest BCUT2D eigenvalue weighted by Crippen LogP contribution is 2.46. The van der Waals surface area contributed by atoms with Gasteiger partial charge in [0.1, 0.15) is 44.9 Å². The number of sulfonamides is 1. The minimum Gasteiger partial charge on any atom is -0.495 e. The molecule has 1 saturated heterocycles. The lowest BCUT2D eigenvalue weighted by Gasteiger charge is -2.29. The first-order chi connectivity index (χ1) is 26.0. The summed E-state index contributed by atoms with van der Waals surface area (Å²) in [5.74, 6) is -1.42. The lowest BCUT2D eigenvalue weighted by atomic mass is 10.1. The topological polar surface area (TPSA) is 160 Å². The first-order valence-electron chi connectivity index (χ1n) is 17.5. The van der Waals surface area contributed by atoms with Gasteiger partial charge < -0.3 is 24.6 Å². The Morgan fingerprint density at radius 1 is 1.18 bits per heavy atom. The minimum atomic E-state index is -4.68. The minimum absolute atomic E-state index is 0.00189. The molecule has 3 aromatic rings. The number of unbranched alkanes of at least 4 members (excludes halogenated alkanes) is 2. The molecule has 1 aliphatic heterocycles. The molecule has 4 amide bonds. The molecule has 0 bridgehead atoms. The molecule has 13 nitrogen and oxygen atoms in total. The average Bonchev–Trinajstić information content (AvgIpc) is 4.02. The molecule has 1 unspecified atom stereocenters. The Morgan fingerprint density at radius 2 is 1.93 bits per heavy atom. The van der Waals surface area contributed by atoms with Crippen LogP contribution in [0.4, 0.5) is 18.0 Å². The number of allylic oxidation sites excluding steroid dienone is 1. The van der Waals surface area contributed by atoms with Crippen LogP contribution in [0.25, 0.3) is 21.6 Å². The van der Waals surface area contributed by atoms with Crippen LogP contribution in [0.15, 0.2) is 48.9 Å². The second-order valence-corrected chi connectivity index (χ2v) is 17.0. The summed E-state index contributed by atoms with van der Waals surface area (Å²) in [4.78, 5) is 52.6. The van der Waals surface area contributed by atoms with Crippen molar-refractivity contribution in [2.24, 2.45) is 5.92 Å². The molecule has 3 fully saturated rings. The highest BCUT2D eigenvalue weighted by molar-refractivity contribution is 7.91. The van der Waals surface area contributed by atoms with E-state index in [9.17, 15) is 36.0 Å². The van der Waals surface area contributed by atoms with Gasteiger partial charge in [-0.3, -0.25) is 14.3 Å². The third kappa shape index (κ3) is 8.40. The van der Waals surface area contributed by atoms with Gasteiger partial charge in [0.15, 0.2) is 5.69 Å². The number of likely N-dealkylation sites (tertiary alicyclic amines) is 1. The number of nitrogens with zero attached hydrogens (tertiary/aromatic N) is 4. The quantitative estimate of drug-likeness (QED) is 0.140. The van der Waals surface area contributed by atoms with Gasteiger partial charge in [-0.05, 0) is 50.7 Å². The summed E-state index contributed by atoms with van der Waals surface area (Å²) in [6.45, 7) is 7.70. The molecule has 1 aromatic carbocycles. The van der Waals surface area contributed by atoms with Gasteiger partial charge in [-0.15, -0.1) is 24.5 Å². The second-order valence-electron chi connectivity index (χ2n) is 13.8. The molecule has 0 spiro atoms. The summed E-state index contributed by atoms with van der Waals surface area (Å²) < 4.78 is 79.7. The molecular formula is C36H40ClF3N6O7S2. The van der Waals surface area contributed by atoms with Crippen molar-refractivity contribution < 1.29 is 45.4 Å². The SMILES string of the molecule is C=CCCCCN(C)C(=O)C1C[C@H](Oc2cc(-c3nc(C(F)(F)F)cs3)nc3c(Cl)c(OC)ccc23)CN1C(=O)N[C@]1(C(=O)NS(=O)(=O)C2CC2)C[C@H]1C=C. The van der Waals surface area contributed by atoms with E-state index < -0.39 is 62.7 Å². The van der Waals surface area contributed by atoms with E-state index >= 15 is 0 Å². The molecule has 19 heteroatoms. The number of thiazole rings is 1. The normalized spacial score (nSPS) is 22.2. The fourth-order valence-electron chi connectivity index (χ4n) is 6.60. The number of benzene rings is 1. The van der Waals surface area contributed by atoms with Gasteiger partial charge in [0.25, 0.3) is 5.91 Å². The molecule has 2 saturated carbocycles. The maximum absolute atomic E-state index is 14.1. The summed E-state index contributed by atoms with van der Waals surface area (Å²) in [7, 11) is -0.913. The largest absolute Gasteiger partial charge is 0.495 e. The number of hydrogen-bond donors (Lipinski definition) is 2. The maximum atomic E-state index is 14.1. The third-order valence-electron chi connectivity index (χ3n) is 9.94. The Bertz CT molecular complexity index is 2130. The van der Waals surface area contributed by atoms with Crippen molar-refractivity contribution in [1.29, 1.82) is 0 Å². The van der Waals surface area contributed by atoms with Crippen molar-refractivity contribution in [1.82, 2.24) is 29.8 Å². The molecule has 2 N–H and O–H groups in total. The monoisotopic (exact) mass is 824 g/mol. The lowest BCUT2D eigenvalue weighted by Crippen LogP contribution is -2.57. The standard InChI is InChI=1S/C36H40ClF3N6O7S2/c1-5-7-8-9-14-45(3)32(47)25-15-21(18-46(25)34(49)43-35(17-20(35)6-2)33(48)44-55(50,51)22-10-11-22)53-27-16-24(31-42-28(19-54-31)36(38,39)40)41-30-23(27)12-13-26(52-4)29(30)37/h5-6,12-13,16,19-22,25H,1-2,7-11,14-15,17-18H2,3-4H3,(H,43,49)(H,44,48)/t20-,21+,25?,35-/m1/s1. The highest BCUT2D eigenvalue weighted by Gasteiger charge is 2.62. The number of ether oxygens (including phenoxy) is 2. The predicted molar refractivity (Wildman–Crippen MR) is 200 cm³/mol. The number of halogens is 4. The van der Waals surface area contributed by atoms with Crippen molar-refractivity contribution in [2.75, 3.05) is 27.2 Å². The number of methoxy groups -OCH3 is 1. The number of rotatable bonds is 15.